The lowest BCUT2D eigenvalue weighted by molar-refractivity contribution is -0.135. The molecule has 0 aliphatic heterocycles. The fraction of sp³-hybridized carbons (Fsp3) is 0.556. The molecule has 0 aromatic heterocycles. The molecule has 0 unspecified atom stereocenters. The van der Waals surface area contributed by atoms with Gasteiger partial charge >= 0.3 is 0 Å². The van der Waals surface area contributed by atoms with Gasteiger partial charge in [0.25, 0.3) is 0 Å². The van der Waals surface area contributed by atoms with Gasteiger partial charge in [-0.15, -0.1) is 12.4 Å². The topological polar surface area (TPSA) is 75.4 Å². The van der Waals surface area contributed by atoms with Crippen LogP contribution in [-0.2, 0) is 9.59 Å². The lowest BCUT2D eigenvalue weighted by Gasteiger charge is -2.24. The van der Waals surface area contributed by atoms with Gasteiger partial charge in [-0.3, -0.25) is 9.59 Å². The smallest absolute Gasteiger partial charge is 0.244 e. The number of halogens is 3. The maximum absolute atomic E-state index is 12.6. The maximum atomic E-state index is 12.6. The van der Waals surface area contributed by atoms with Crippen LogP contribution in [0.1, 0.15) is 39.0 Å². The Morgan fingerprint density at radius 3 is 2.65 bits per heavy atom. The molecule has 0 saturated heterocycles. The van der Waals surface area contributed by atoms with E-state index in [9.17, 15) is 9.59 Å². The second-order valence-corrected chi connectivity index (χ2v) is 7.39. The van der Waals surface area contributed by atoms with Gasteiger partial charge < -0.3 is 16.0 Å². The Hall–Kier alpha value is -1.01. The molecule has 1 fully saturated rings. The number of anilines is 1. The van der Waals surface area contributed by atoms with Gasteiger partial charge in [-0.2, -0.15) is 0 Å². The fourth-order valence-corrected chi connectivity index (χ4v) is 3.53. The number of amides is 2. The molecule has 2 rings (SSSR count). The number of rotatable bonds is 7. The summed E-state index contributed by atoms with van der Waals surface area (Å²) < 4.78 is 0. The highest BCUT2D eigenvalue weighted by molar-refractivity contribution is 6.35. The molecule has 5 nitrogen and oxygen atoms in total. The first-order chi connectivity index (χ1) is 11.9. The highest BCUT2D eigenvalue weighted by Gasteiger charge is 2.28. The van der Waals surface area contributed by atoms with Crippen molar-refractivity contribution in [2.45, 2.75) is 45.1 Å². The van der Waals surface area contributed by atoms with Gasteiger partial charge in [-0.25, -0.2) is 0 Å². The third kappa shape index (κ3) is 6.62. The van der Waals surface area contributed by atoms with Gasteiger partial charge in [0.2, 0.25) is 11.8 Å². The van der Waals surface area contributed by atoms with Crippen molar-refractivity contribution in [3.8, 4) is 0 Å². The van der Waals surface area contributed by atoms with E-state index in [0.717, 1.165) is 25.7 Å². The van der Waals surface area contributed by atoms with E-state index in [-0.39, 0.29) is 42.7 Å². The van der Waals surface area contributed by atoms with Crippen molar-refractivity contribution in [1.29, 1.82) is 0 Å². The van der Waals surface area contributed by atoms with Crippen LogP contribution in [0.15, 0.2) is 18.2 Å². The quantitative estimate of drug-likeness (QED) is 0.694. The summed E-state index contributed by atoms with van der Waals surface area (Å²) in [6, 6.07) is 4.95. The Morgan fingerprint density at radius 1 is 1.31 bits per heavy atom. The van der Waals surface area contributed by atoms with Gasteiger partial charge in [0.15, 0.2) is 0 Å². The monoisotopic (exact) mass is 421 g/mol. The summed E-state index contributed by atoms with van der Waals surface area (Å²) >= 11 is 12.0. The first-order valence-corrected chi connectivity index (χ1v) is 9.44. The number of nitrogens with two attached hydrogens (primary N) is 1. The SMILES string of the molecule is CCCN(CC(=O)Nc1cc(Cl)ccc1Cl)C(=O)C[C@@H]1CCC[C@H]1N.Cl. The van der Waals surface area contributed by atoms with Crippen LogP contribution in [0.4, 0.5) is 5.69 Å². The number of nitrogens with one attached hydrogen (secondary N) is 1. The standard InChI is InChI=1S/C18H25Cl2N3O2.ClH/c1-2-8-23(18(25)9-12-4-3-5-15(12)21)11-17(24)22-16-10-13(19)6-7-14(16)20;/h6-7,10,12,15H,2-5,8-9,11,21H2,1H3,(H,22,24);1H/t12-,15+;/m0./s1. The highest BCUT2D eigenvalue weighted by Crippen LogP contribution is 2.28. The number of hydrogen-bond acceptors (Lipinski definition) is 3. The Morgan fingerprint density at radius 2 is 2.04 bits per heavy atom. The largest absolute Gasteiger partial charge is 0.333 e. The molecule has 26 heavy (non-hydrogen) atoms. The van der Waals surface area contributed by atoms with Gasteiger partial charge in [0.1, 0.15) is 0 Å². The molecule has 0 heterocycles. The van der Waals surface area contributed by atoms with Crippen molar-refractivity contribution in [3.63, 3.8) is 0 Å². The van der Waals surface area contributed by atoms with E-state index in [2.05, 4.69) is 5.32 Å². The summed E-state index contributed by atoms with van der Waals surface area (Å²) in [4.78, 5) is 26.5. The molecule has 2 amide bonds. The number of nitrogens with zero attached hydrogens (tertiary/aromatic N) is 1. The molecule has 1 aromatic carbocycles. The minimum absolute atomic E-state index is 0. The molecular weight excluding hydrogens is 397 g/mol. The van der Waals surface area contributed by atoms with Crippen LogP contribution >= 0.6 is 35.6 Å². The maximum Gasteiger partial charge on any atom is 0.244 e. The predicted molar refractivity (Wildman–Crippen MR) is 109 cm³/mol. The summed E-state index contributed by atoms with van der Waals surface area (Å²) in [6.45, 7) is 2.52. The van der Waals surface area contributed by atoms with Crippen molar-refractivity contribution < 1.29 is 9.59 Å². The number of carbonyl (C=O) groups excluding carboxylic acids is 2. The van der Waals surface area contributed by atoms with E-state index in [1.54, 1.807) is 23.1 Å². The third-order valence-electron chi connectivity index (χ3n) is 4.54. The van der Waals surface area contributed by atoms with E-state index < -0.39 is 0 Å². The minimum Gasteiger partial charge on any atom is -0.333 e. The summed E-state index contributed by atoms with van der Waals surface area (Å²) in [5.41, 5.74) is 6.50. The lowest BCUT2D eigenvalue weighted by Crippen LogP contribution is -2.40. The average Bonchev–Trinajstić information content (AvgIpc) is 2.95. The van der Waals surface area contributed by atoms with E-state index in [4.69, 9.17) is 28.9 Å². The van der Waals surface area contributed by atoms with Crippen molar-refractivity contribution in [2.75, 3.05) is 18.4 Å². The Balaban J connectivity index is 0.00000338. The number of benzene rings is 1. The molecule has 0 spiro atoms. The van der Waals surface area contributed by atoms with Crippen LogP contribution in [0.5, 0.6) is 0 Å². The zero-order valence-electron chi connectivity index (χ0n) is 14.8. The summed E-state index contributed by atoms with van der Waals surface area (Å²) in [7, 11) is 0. The van der Waals surface area contributed by atoms with Crippen molar-refractivity contribution in [3.05, 3.63) is 28.2 Å². The number of hydrogen-bond donors (Lipinski definition) is 2. The second-order valence-electron chi connectivity index (χ2n) is 6.55. The van der Waals surface area contributed by atoms with Crippen molar-refractivity contribution >= 4 is 53.1 Å². The molecule has 8 heteroatoms. The van der Waals surface area contributed by atoms with Crippen molar-refractivity contribution in [1.82, 2.24) is 4.90 Å². The fourth-order valence-electron chi connectivity index (χ4n) is 3.19. The zero-order valence-corrected chi connectivity index (χ0v) is 17.2. The van der Waals surface area contributed by atoms with Crippen molar-refractivity contribution in [2.24, 2.45) is 11.7 Å². The Labute approximate surface area is 171 Å². The molecule has 0 bridgehead atoms. The third-order valence-corrected chi connectivity index (χ3v) is 5.10. The summed E-state index contributed by atoms with van der Waals surface area (Å²) in [6.07, 6.45) is 4.22. The molecule has 1 aliphatic rings. The molecular formula is C18H26Cl3N3O2. The van der Waals surface area contributed by atoms with Crippen LogP contribution in [-0.4, -0.2) is 35.8 Å². The normalized spacial score (nSPS) is 18.9. The van der Waals surface area contributed by atoms with Crippen LogP contribution in [0.3, 0.4) is 0 Å². The van der Waals surface area contributed by atoms with Gasteiger partial charge in [0, 0.05) is 24.0 Å². The molecule has 1 saturated carbocycles. The van der Waals surface area contributed by atoms with E-state index >= 15 is 0 Å². The molecule has 3 N–H and O–H groups in total. The average molecular weight is 423 g/mol. The molecule has 1 aliphatic carbocycles. The zero-order chi connectivity index (χ0) is 18.4. The second kappa shape index (κ2) is 11.0. The van der Waals surface area contributed by atoms with Gasteiger partial charge in [-0.05, 0) is 43.4 Å². The minimum atomic E-state index is -0.290. The summed E-state index contributed by atoms with van der Waals surface area (Å²) in [5, 5.41) is 3.61. The van der Waals surface area contributed by atoms with E-state index in [1.165, 1.54) is 0 Å². The molecule has 2 atom stereocenters. The highest BCUT2D eigenvalue weighted by atomic mass is 35.5. The van der Waals surface area contributed by atoms with Crippen LogP contribution in [0.2, 0.25) is 10.0 Å². The first-order valence-electron chi connectivity index (χ1n) is 8.69. The van der Waals surface area contributed by atoms with E-state index in [1.807, 2.05) is 6.92 Å². The van der Waals surface area contributed by atoms with Gasteiger partial charge in [0.05, 0.1) is 17.3 Å². The van der Waals surface area contributed by atoms with Crippen LogP contribution in [0, 0.1) is 5.92 Å². The lowest BCUT2D eigenvalue weighted by atomic mass is 9.99. The summed E-state index contributed by atoms with van der Waals surface area (Å²) in [5.74, 6) is -0.0875. The molecule has 146 valence electrons. The number of carbonyl (C=O) groups is 2. The molecule has 1 aromatic rings. The van der Waals surface area contributed by atoms with Crippen LogP contribution < -0.4 is 11.1 Å². The van der Waals surface area contributed by atoms with E-state index in [0.29, 0.717) is 28.7 Å². The molecule has 0 radical (unpaired) electrons. The van der Waals surface area contributed by atoms with Crippen LogP contribution in [0.25, 0.3) is 0 Å². The predicted octanol–water partition coefficient (Wildman–Crippen LogP) is 4.11. The Bertz CT molecular complexity index is 628. The first kappa shape index (κ1) is 23.0. The Kier molecular flexibility index (Phi) is 9.72. The van der Waals surface area contributed by atoms with Gasteiger partial charge in [-0.1, -0.05) is 36.5 Å².